The zero-order valence-corrected chi connectivity index (χ0v) is 16.2. The summed E-state index contributed by atoms with van der Waals surface area (Å²) in [6, 6.07) is 18.6. The molecule has 0 aliphatic rings. The molecule has 4 aromatic rings. The maximum Gasteiger partial charge on any atom is 0.342 e. The van der Waals surface area contributed by atoms with E-state index in [0.29, 0.717) is 28.0 Å². The van der Waals surface area contributed by atoms with Crippen molar-refractivity contribution in [1.29, 1.82) is 0 Å². The third-order valence-corrected chi connectivity index (χ3v) is 4.77. The number of carbonyl (C=O) groups excluding carboxylic acids is 1. The van der Waals surface area contributed by atoms with Crippen LogP contribution in [0.4, 0.5) is 5.82 Å². The number of imidazole rings is 1. The van der Waals surface area contributed by atoms with Gasteiger partial charge in [0.15, 0.2) is 5.82 Å². The van der Waals surface area contributed by atoms with Crippen LogP contribution in [-0.4, -0.2) is 32.0 Å². The number of fused-ring (bicyclic) bond motifs is 1. The molecule has 0 saturated heterocycles. The molecule has 0 radical (unpaired) electrons. The van der Waals surface area contributed by atoms with Gasteiger partial charge in [-0.15, -0.1) is 0 Å². The lowest BCUT2D eigenvalue weighted by Crippen LogP contribution is -2.14. The van der Waals surface area contributed by atoms with Crippen LogP contribution in [0.25, 0.3) is 22.2 Å². The largest absolute Gasteiger partial charge is 0.458 e. The van der Waals surface area contributed by atoms with Crippen molar-refractivity contribution in [3.63, 3.8) is 0 Å². The van der Waals surface area contributed by atoms with E-state index >= 15 is 0 Å². The van der Waals surface area contributed by atoms with Gasteiger partial charge in [0.2, 0.25) is 0 Å². The first-order chi connectivity index (χ1) is 14.5. The number of pyridine rings is 1. The highest BCUT2D eigenvalue weighted by molar-refractivity contribution is 6.04. The summed E-state index contributed by atoms with van der Waals surface area (Å²) in [5.41, 5.74) is 2.65. The van der Waals surface area contributed by atoms with E-state index in [-0.39, 0.29) is 19.0 Å². The lowest BCUT2D eigenvalue weighted by atomic mass is 10.0. The molecule has 0 aliphatic heterocycles. The zero-order valence-electron chi connectivity index (χ0n) is 16.2. The fourth-order valence-electron chi connectivity index (χ4n) is 3.29. The molecule has 0 N–H and O–H groups in total. The Morgan fingerprint density at radius 3 is 2.63 bits per heavy atom. The van der Waals surface area contributed by atoms with Crippen LogP contribution in [0, 0.1) is 17.0 Å². The Labute approximate surface area is 171 Å². The lowest BCUT2D eigenvalue weighted by molar-refractivity contribution is -0.392. The summed E-state index contributed by atoms with van der Waals surface area (Å²) in [4.78, 5) is 32.1. The second-order valence-corrected chi connectivity index (χ2v) is 6.65. The second kappa shape index (κ2) is 8.12. The molecule has 0 spiro atoms. The summed E-state index contributed by atoms with van der Waals surface area (Å²) in [5, 5.41) is 11.8. The number of nitro groups is 1. The number of nitrogens with zero attached hydrogens (tertiary/aromatic N) is 4. The van der Waals surface area contributed by atoms with E-state index in [9.17, 15) is 14.9 Å². The molecule has 2 heterocycles. The van der Waals surface area contributed by atoms with Crippen LogP contribution in [0.2, 0.25) is 0 Å². The first kappa shape index (κ1) is 19.3. The Hall–Kier alpha value is -4.07. The van der Waals surface area contributed by atoms with Crippen LogP contribution in [0.1, 0.15) is 16.2 Å². The third-order valence-electron chi connectivity index (χ3n) is 4.77. The van der Waals surface area contributed by atoms with Gasteiger partial charge in [0.25, 0.3) is 0 Å². The number of ether oxygens (including phenoxy) is 1. The van der Waals surface area contributed by atoms with E-state index in [2.05, 4.69) is 9.97 Å². The number of esters is 1. The van der Waals surface area contributed by atoms with Gasteiger partial charge < -0.3 is 14.9 Å². The standard InChI is InChI=1S/C22H18N4O4/c1-15-23-14-21(26(28)29)25(15)11-12-30-22(27)18-13-20(16-7-3-2-4-8-16)24-19-10-6-5-9-17(18)19/h2-10,13-14H,11-12H2,1H3. The number of rotatable bonds is 6. The van der Waals surface area contributed by atoms with E-state index in [0.717, 1.165) is 5.56 Å². The van der Waals surface area contributed by atoms with E-state index in [1.165, 1.54) is 10.8 Å². The van der Waals surface area contributed by atoms with Crippen molar-refractivity contribution < 1.29 is 14.5 Å². The molecule has 4 rings (SSSR count). The van der Waals surface area contributed by atoms with E-state index < -0.39 is 10.9 Å². The molecule has 0 aliphatic carbocycles. The minimum absolute atomic E-state index is 0.0196. The molecule has 2 aromatic heterocycles. The highest BCUT2D eigenvalue weighted by atomic mass is 16.6. The molecule has 8 heteroatoms. The Morgan fingerprint density at radius 2 is 1.87 bits per heavy atom. The van der Waals surface area contributed by atoms with Crippen molar-refractivity contribution in [3.05, 3.63) is 88.4 Å². The van der Waals surface area contributed by atoms with Gasteiger partial charge in [-0.25, -0.2) is 19.3 Å². The average Bonchev–Trinajstić information content (AvgIpc) is 3.14. The van der Waals surface area contributed by atoms with E-state index in [4.69, 9.17) is 4.74 Å². The van der Waals surface area contributed by atoms with E-state index in [1.54, 1.807) is 13.0 Å². The predicted octanol–water partition coefficient (Wildman–Crippen LogP) is 4.17. The minimum atomic E-state index is -0.510. The molecule has 0 saturated carbocycles. The van der Waals surface area contributed by atoms with Crippen molar-refractivity contribution in [3.8, 4) is 11.3 Å². The average molecular weight is 402 g/mol. The molecule has 0 amide bonds. The van der Waals surface area contributed by atoms with Gasteiger partial charge in [0.1, 0.15) is 19.3 Å². The molecule has 0 fully saturated rings. The molecule has 150 valence electrons. The number of hydrogen-bond donors (Lipinski definition) is 0. The zero-order chi connectivity index (χ0) is 21.1. The van der Waals surface area contributed by atoms with Gasteiger partial charge in [0.05, 0.1) is 16.8 Å². The highest BCUT2D eigenvalue weighted by Crippen LogP contribution is 2.25. The molecule has 2 aromatic carbocycles. The van der Waals surface area contributed by atoms with Gasteiger partial charge in [-0.1, -0.05) is 48.5 Å². The summed E-state index contributed by atoms with van der Waals surface area (Å²) in [7, 11) is 0. The van der Waals surface area contributed by atoms with Crippen LogP contribution >= 0.6 is 0 Å². The normalized spacial score (nSPS) is 10.8. The van der Waals surface area contributed by atoms with Gasteiger partial charge in [0, 0.05) is 17.9 Å². The smallest absolute Gasteiger partial charge is 0.342 e. The summed E-state index contributed by atoms with van der Waals surface area (Å²) in [6.07, 6.45) is 1.19. The van der Waals surface area contributed by atoms with Crippen LogP contribution in [0.3, 0.4) is 0 Å². The van der Waals surface area contributed by atoms with Gasteiger partial charge >= 0.3 is 11.8 Å². The predicted molar refractivity (Wildman–Crippen MR) is 111 cm³/mol. The fraction of sp³-hybridized carbons (Fsp3) is 0.136. The summed E-state index contributed by atoms with van der Waals surface area (Å²) >= 11 is 0. The number of para-hydroxylation sites is 1. The van der Waals surface area contributed by atoms with Gasteiger partial charge in [-0.2, -0.15) is 0 Å². The number of aryl methyl sites for hydroxylation is 1. The SMILES string of the molecule is Cc1ncc([N+](=O)[O-])n1CCOC(=O)c1cc(-c2ccccc2)nc2ccccc12. The van der Waals surface area contributed by atoms with E-state index in [1.807, 2.05) is 54.6 Å². The van der Waals surface area contributed by atoms with Gasteiger partial charge in [-0.05, 0) is 17.1 Å². The Bertz CT molecular complexity index is 1230. The molecule has 0 atom stereocenters. The maximum atomic E-state index is 12.9. The first-order valence-corrected chi connectivity index (χ1v) is 9.33. The molecule has 30 heavy (non-hydrogen) atoms. The Kier molecular flexibility index (Phi) is 5.21. The first-order valence-electron chi connectivity index (χ1n) is 9.33. The van der Waals surface area contributed by atoms with Crippen molar-refractivity contribution in [1.82, 2.24) is 14.5 Å². The second-order valence-electron chi connectivity index (χ2n) is 6.65. The topological polar surface area (TPSA) is 100 Å². The number of aromatic nitrogens is 3. The molecule has 0 unspecified atom stereocenters. The molecular weight excluding hydrogens is 384 g/mol. The summed E-state index contributed by atoms with van der Waals surface area (Å²) in [5.74, 6) is -0.158. The van der Waals surface area contributed by atoms with Gasteiger partial charge in [-0.3, -0.25) is 0 Å². The molecule has 0 bridgehead atoms. The Balaban J connectivity index is 1.60. The number of hydrogen-bond acceptors (Lipinski definition) is 6. The van der Waals surface area contributed by atoms with Crippen molar-refractivity contribution in [2.24, 2.45) is 0 Å². The molecular formula is C22H18N4O4. The maximum absolute atomic E-state index is 12.9. The monoisotopic (exact) mass is 402 g/mol. The molecule has 8 nitrogen and oxygen atoms in total. The highest BCUT2D eigenvalue weighted by Gasteiger charge is 2.19. The fourth-order valence-corrected chi connectivity index (χ4v) is 3.29. The van der Waals surface area contributed by atoms with Crippen LogP contribution in [-0.2, 0) is 11.3 Å². The summed E-state index contributed by atoms with van der Waals surface area (Å²) in [6.45, 7) is 1.79. The number of carbonyl (C=O) groups is 1. The van der Waals surface area contributed by atoms with Crippen molar-refractivity contribution in [2.45, 2.75) is 13.5 Å². The van der Waals surface area contributed by atoms with Crippen LogP contribution < -0.4 is 0 Å². The summed E-state index contributed by atoms with van der Waals surface area (Å²) < 4.78 is 6.86. The Morgan fingerprint density at radius 1 is 1.13 bits per heavy atom. The van der Waals surface area contributed by atoms with Crippen LogP contribution in [0.5, 0.6) is 0 Å². The minimum Gasteiger partial charge on any atom is -0.458 e. The third kappa shape index (κ3) is 3.75. The van der Waals surface area contributed by atoms with Crippen molar-refractivity contribution >= 4 is 22.7 Å². The van der Waals surface area contributed by atoms with Crippen molar-refractivity contribution in [2.75, 3.05) is 6.61 Å². The lowest BCUT2D eigenvalue weighted by Gasteiger charge is -2.10. The van der Waals surface area contributed by atoms with Crippen LogP contribution in [0.15, 0.2) is 66.9 Å². The number of benzene rings is 2. The quantitative estimate of drug-likeness (QED) is 0.273.